The number of nitrogens with one attached hydrogen (secondary N) is 2. The van der Waals surface area contributed by atoms with E-state index in [1.54, 1.807) is 0 Å². The first-order chi connectivity index (χ1) is 11.0. The van der Waals surface area contributed by atoms with Crippen molar-refractivity contribution in [3.05, 3.63) is 12.3 Å². The summed E-state index contributed by atoms with van der Waals surface area (Å²) in [6.07, 6.45) is 8.92. The van der Waals surface area contributed by atoms with Crippen LogP contribution >= 0.6 is 0 Å². The first kappa shape index (κ1) is 23.0. The van der Waals surface area contributed by atoms with Gasteiger partial charge in [0.2, 0.25) is 5.91 Å². The maximum atomic E-state index is 11.7. The highest BCUT2D eigenvalue weighted by Gasteiger charge is 2.14. The molecular formula is C21H42N2O. The molecule has 0 fully saturated rings. The van der Waals surface area contributed by atoms with Gasteiger partial charge in [0.1, 0.15) is 0 Å². The monoisotopic (exact) mass is 338 g/mol. The van der Waals surface area contributed by atoms with Crippen LogP contribution in [0.4, 0.5) is 0 Å². The molecule has 0 radical (unpaired) electrons. The van der Waals surface area contributed by atoms with Gasteiger partial charge in [-0.2, -0.15) is 0 Å². The Kier molecular flexibility index (Phi) is 11.1. The smallest absolute Gasteiger partial charge is 0.220 e. The van der Waals surface area contributed by atoms with E-state index in [1.807, 2.05) is 0 Å². The van der Waals surface area contributed by atoms with Gasteiger partial charge >= 0.3 is 0 Å². The number of amides is 1. The summed E-state index contributed by atoms with van der Waals surface area (Å²) in [5.74, 6) is 0.204. The van der Waals surface area contributed by atoms with E-state index in [2.05, 4.69) is 58.8 Å². The van der Waals surface area contributed by atoms with Crippen LogP contribution in [0.25, 0.3) is 0 Å². The van der Waals surface area contributed by atoms with Crippen molar-refractivity contribution in [3.63, 3.8) is 0 Å². The predicted molar refractivity (Wildman–Crippen MR) is 106 cm³/mol. The normalized spacial score (nSPS) is 12.1. The lowest BCUT2D eigenvalue weighted by atomic mass is 9.90. The van der Waals surface area contributed by atoms with Crippen molar-refractivity contribution in [1.29, 1.82) is 0 Å². The predicted octanol–water partition coefficient (Wildman–Crippen LogP) is 5.42. The van der Waals surface area contributed by atoms with E-state index in [0.717, 1.165) is 31.6 Å². The Morgan fingerprint density at radius 1 is 0.792 bits per heavy atom. The molecule has 0 aromatic carbocycles. The summed E-state index contributed by atoms with van der Waals surface area (Å²) in [5, 5.41) is 6.46. The molecule has 0 spiro atoms. The van der Waals surface area contributed by atoms with Crippen LogP contribution in [0.2, 0.25) is 0 Å². The quantitative estimate of drug-likeness (QED) is 0.467. The molecule has 0 aliphatic rings. The van der Waals surface area contributed by atoms with Gasteiger partial charge < -0.3 is 10.6 Å². The largest absolute Gasteiger partial charge is 0.388 e. The number of carbonyl (C=O) groups excluding carboxylic acids is 1. The molecule has 0 bridgehead atoms. The van der Waals surface area contributed by atoms with Gasteiger partial charge in [-0.15, -0.1) is 0 Å². The van der Waals surface area contributed by atoms with Gasteiger partial charge in [0.15, 0.2) is 0 Å². The summed E-state index contributed by atoms with van der Waals surface area (Å²) in [5.41, 5.74) is 1.52. The molecule has 0 saturated carbocycles. The molecule has 0 aliphatic heterocycles. The zero-order chi connectivity index (χ0) is 18.6. The summed E-state index contributed by atoms with van der Waals surface area (Å²) >= 11 is 0. The summed E-state index contributed by atoms with van der Waals surface area (Å²) in [6, 6.07) is 0. The van der Waals surface area contributed by atoms with Crippen LogP contribution in [-0.4, -0.2) is 19.0 Å². The number of hydrogen-bond donors (Lipinski definition) is 2. The lowest BCUT2D eigenvalue weighted by Crippen LogP contribution is -2.25. The van der Waals surface area contributed by atoms with Crippen LogP contribution < -0.4 is 10.6 Å². The average molecular weight is 339 g/mol. The van der Waals surface area contributed by atoms with Crippen molar-refractivity contribution in [3.8, 4) is 0 Å². The first-order valence-corrected chi connectivity index (χ1v) is 9.72. The maximum Gasteiger partial charge on any atom is 0.220 e. The molecule has 24 heavy (non-hydrogen) atoms. The number of hydrogen-bond acceptors (Lipinski definition) is 2. The van der Waals surface area contributed by atoms with Gasteiger partial charge in [0.25, 0.3) is 0 Å². The second-order valence-electron chi connectivity index (χ2n) is 9.19. The van der Waals surface area contributed by atoms with Crippen LogP contribution in [0, 0.1) is 10.8 Å². The second kappa shape index (κ2) is 11.5. The van der Waals surface area contributed by atoms with E-state index in [9.17, 15) is 4.79 Å². The molecule has 0 saturated heterocycles. The Balaban J connectivity index is 3.37. The molecule has 0 aromatic heterocycles. The topological polar surface area (TPSA) is 41.1 Å². The molecule has 2 N–H and O–H groups in total. The highest BCUT2D eigenvalue weighted by Crippen LogP contribution is 2.21. The Hall–Kier alpha value is -0.990. The molecule has 0 aliphatic carbocycles. The van der Waals surface area contributed by atoms with Crippen molar-refractivity contribution in [1.82, 2.24) is 10.6 Å². The standard InChI is InChI=1S/C21H42N2O/c1-18(21(5,6)7)22-16-12-10-8-9-11-13-17-23-19(24)14-15-20(2,3)4/h22H,1,8-17H2,2-7H3,(H,23,24). The SMILES string of the molecule is C=C(NCCCCCCCCNC(=O)CCC(C)(C)C)C(C)(C)C. The summed E-state index contributed by atoms with van der Waals surface area (Å²) in [6.45, 7) is 19.0. The zero-order valence-corrected chi connectivity index (χ0v) is 17.2. The average Bonchev–Trinajstić information content (AvgIpc) is 2.45. The summed E-state index contributed by atoms with van der Waals surface area (Å²) in [7, 11) is 0. The highest BCUT2D eigenvalue weighted by molar-refractivity contribution is 5.75. The van der Waals surface area contributed by atoms with E-state index < -0.39 is 0 Å². The van der Waals surface area contributed by atoms with E-state index in [1.165, 1.54) is 32.1 Å². The molecule has 0 heterocycles. The second-order valence-corrected chi connectivity index (χ2v) is 9.19. The van der Waals surface area contributed by atoms with Crippen molar-refractivity contribution < 1.29 is 4.79 Å². The fourth-order valence-electron chi connectivity index (χ4n) is 2.27. The lowest BCUT2D eigenvalue weighted by molar-refractivity contribution is -0.121. The minimum Gasteiger partial charge on any atom is -0.388 e. The molecule has 3 nitrogen and oxygen atoms in total. The third-order valence-electron chi connectivity index (χ3n) is 4.27. The van der Waals surface area contributed by atoms with Crippen molar-refractivity contribution in [2.24, 2.45) is 10.8 Å². The van der Waals surface area contributed by atoms with Gasteiger partial charge in [0, 0.05) is 30.6 Å². The molecule has 0 aromatic rings. The van der Waals surface area contributed by atoms with Crippen LogP contribution in [0.3, 0.4) is 0 Å². The van der Waals surface area contributed by atoms with E-state index >= 15 is 0 Å². The molecule has 1 amide bonds. The Morgan fingerprint density at radius 3 is 1.71 bits per heavy atom. The van der Waals surface area contributed by atoms with Gasteiger partial charge in [-0.25, -0.2) is 0 Å². The van der Waals surface area contributed by atoms with Gasteiger partial charge in [0.05, 0.1) is 0 Å². The maximum absolute atomic E-state index is 11.7. The van der Waals surface area contributed by atoms with E-state index in [-0.39, 0.29) is 16.7 Å². The molecular weight excluding hydrogens is 296 g/mol. The third-order valence-corrected chi connectivity index (χ3v) is 4.27. The number of allylic oxidation sites excluding steroid dienone is 1. The van der Waals surface area contributed by atoms with Gasteiger partial charge in [-0.3, -0.25) is 4.79 Å². The summed E-state index contributed by atoms with van der Waals surface area (Å²) < 4.78 is 0. The molecule has 0 atom stereocenters. The van der Waals surface area contributed by atoms with Crippen LogP contribution in [0.5, 0.6) is 0 Å². The minimum absolute atomic E-state index is 0.150. The minimum atomic E-state index is 0.150. The van der Waals surface area contributed by atoms with Gasteiger partial charge in [-0.05, 0) is 24.7 Å². The molecule has 3 heteroatoms. The lowest BCUT2D eigenvalue weighted by Gasteiger charge is -2.23. The van der Waals surface area contributed by atoms with Crippen LogP contribution in [0.1, 0.15) is 92.9 Å². The Morgan fingerprint density at radius 2 is 1.25 bits per heavy atom. The van der Waals surface area contributed by atoms with Crippen molar-refractivity contribution in [2.75, 3.05) is 13.1 Å². The Bertz CT molecular complexity index is 361. The molecule has 142 valence electrons. The number of carbonyl (C=O) groups is 1. The van der Waals surface area contributed by atoms with E-state index in [4.69, 9.17) is 0 Å². The van der Waals surface area contributed by atoms with Gasteiger partial charge in [-0.1, -0.05) is 73.8 Å². The first-order valence-electron chi connectivity index (χ1n) is 9.72. The van der Waals surface area contributed by atoms with Crippen LogP contribution in [0.15, 0.2) is 12.3 Å². The van der Waals surface area contributed by atoms with Crippen LogP contribution in [-0.2, 0) is 4.79 Å². The third kappa shape index (κ3) is 14.6. The highest BCUT2D eigenvalue weighted by atomic mass is 16.1. The van der Waals surface area contributed by atoms with E-state index in [0.29, 0.717) is 6.42 Å². The van der Waals surface area contributed by atoms with Crippen molar-refractivity contribution >= 4 is 5.91 Å². The molecule has 0 rings (SSSR count). The summed E-state index contributed by atoms with van der Waals surface area (Å²) in [4.78, 5) is 11.7. The molecule has 0 unspecified atom stereocenters. The number of rotatable bonds is 12. The van der Waals surface area contributed by atoms with Crippen molar-refractivity contribution in [2.45, 2.75) is 92.9 Å². The number of unbranched alkanes of at least 4 members (excludes halogenated alkanes) is 5. The fourth-order valence-corrected chi connectivity index (χ4v) is 2.27. The Labute approximate surface area is 151 Å². The fraction of sp³-hybridized carbons (Fsp3) is 0.857. The zero-order valence-electron chi connectivity index (χ0n) is 17.2.